The van der Waals surface area contributed by atoms with Gasteiger partial charge < -0.3 is 9.73 Å². The molecule has 0 aliphatic carbocycles. The van der Waals surface area contributed by atoms with E-state index < -0.39 is 5.91 Å². The number of benzene rings is 2. The van der Waals surface area contributed by atoms with Crippen molar-refractivity contribution < 1.29 is 9.21 Å². The van der Waals surface area contributed by atoms with Gasteiger partial charge in [0, 0.05) is 27.4 Å². The normalized spacial score (nSPS) is 11.2. The molecule has 4 nitrogen and oxygen atoms in total. The molecule has 0 aliphatic heterocycles. The van der Waals surface area contributed by atoms with E-state index in [1.807, 2.05) is 13.0 Å². The Morgan fingerprint density at radius 1 is 1.07 bits per heavy atom. The molecule has 3 rings (SSSR count). The van der Waals surface area contributed by atoms with Crippen molar-refractivity contribution in [3.05, 3.63) is 80.5 Å². The molecular weight excluding hydrogens is 419 g/mol. The summed E-state index contributed by atoms with van der Waals surface area (Å²) in [6.07, 6.45) is 1.36. The summed E-state index contributed by atoms with van der Waals surface area (Å²) in [6, 6.07) is 15.4. The minimum absolute atomic E-state index is 0.113. The highest BCUT2D eigenvalue weighted by Gasteiger charge is 2.14. The Morgan fingerprint density at radius 3 is 2.54 bits per heavy atom. The highest BCUT2D eigenvalue weighted by molar-refractivity contribution is 6.35. The van der Waals surface area contributed by atoms with Crippen LogP contribution < -0.4 is 5.32 Å². The summed E-state index contributed by atoms with van der Waals surface area (Å²) in [5.41, 5.74) is 1.86. The molecule has 0 saturated heterocycles. The summed E-state index contributed by atoms with van der Waals surface area (Å²) >= 11 is 18.1. The van der Waals surface area contributed by atoms with E-state index in [2.05, 4.69) is 5.32 Å². The minimum Gasteiger partial charge on any atom is -0.457 e. The average Bonchev–Trinajstić information content (AvgIpc) is 3.13. The van der Waals surface area contributed by atoms with Gasteiger partial charge in [0.15, 0.2) is 0 Å². The van der Waals surface area contributed by atoms with Crippen LogP contribution in [0.15, 0.2) is 58.5 Å². The van der Waals surface area contributed by atoms with Gasteiger partial charge in [0.1, 0.15) is 23.2 Å². The van der Waals surface area contributed by atoms with Crippen molar-refractivity contribution in [2.75, 3.05) is 5.32 Å². The van der Waals surface area contributed by atoms with Crippen LogP contribution in [0.25, 0.3) is 17.4 Å². The van der Waals surface area contributed by atoms with Crippen molar-refractivity contribution in [3.8, 4) is 17.4 Å². The summed E-state index contributed by atoms with van der Waals surface area (Å²) < 4.78 is 5.71. The predicted octanol–water partition coefficient (Wildman–Crippen LogP) is 6.76. The number of carbonyl (C=O) groups is 1. The van der Waals surface area contributed by atoms with Crippen molar-refractivity contribution in [1.29, 1.82) is 5.26 Å². The highest BCUT2D eigenvalue weighted by atomic mass is 35.5. The third kappa shape index (κ3) is 4.58. The van der Waals surface area contributed by atoms with Gasteiger partial charge >= 0.3 is 0 Å². The first-order valence-electron chi connectivity index (χ1n) is 8.12. The maximum Gasteiger partial charge on any atom is 0.266 e. The molecule has 0 saturated carbocycles. The molecule has 0 aliphatic rings. The van der Waals surface area contributed by atoms with Crippen LogP contribution in [0.5, 0.6) is 0 Å². The molecular formula is C21H13Cl3N2O2. The number of halogens is 3. The molecule has 0 atom stereocenters. The second-order valence-electron chi connectivity index (χ2n) is 5.91. The lowest BCUT2D eigenvalue weighted by molar-refractivity contribution is -0.112. The van der Waals surface area contributed by atoms with Crippen molar-refractivity contribution >= 4 is 52.5 Å². The van der Waals surface area contributed by atoms with Crippen molar-refractivity contribution in [1.82, 2.24) is 0 Å². The third-order valence-electron chi connectivity index (χ3n) is 3.92. The summed E-state index contributed by atoms with van der Waals surface area (Å²) in [7, 11) is 0. The third-order valence-corrected chi connectivity index (χ3v) is 4.72. The number of amides is 1. The largest absolute Gasteiger partial charge is 0.457 e. The molecule has 0 radical (unpaired) electrons. The SMILES string of the molecule is Cc1ccc(Cl)cc1NC(=O)/C(C#N)=C/c1ccc(-c2cc(Cl)ccc2Cl)o1. The van der Waals surface area contributed by atoms with Crippen LogP contribution in [0.1, 0.15) is 11.3 Å². The Morgan fingerprint density at radius 2 is 1.79 bits per heavy atom. The van der Waals surface area contributed by atoms with Crippen molar-refractivity contribution in [2.24, 2.45) is 0 Å². The quantitative estimate of drug-likeness (QED) is 0.366. The molecule has 0 bridgehead atoms. The number of aryl methyl sites for hydroxylation is 1. The smallest absolute Gasteiger partial charge is 0.266 e. The summed E-state index contributed by atoms with van der Waals surface area (Å²) in [4.78, 5) is 12.5. The van der Waals surface area contributed by atoms with Gasteiger partial charge in [-0.2, -0.15) is 5.26 Å². The summed E-state index contributed by atoms with van der Waals surface area (Å²) in [6.45, 7) is 1.83. The molecule has 3 aromatic rings. The zero-order chi connectivity index (χ0) is 20.3. The number of hydrogen-bond donors (Lipinski definition) is 1. The number of hydrogen-bond acceptors (Lipinski definition) is 3. The lowest BCUT2D eigenvalue weighted by Crippen LogP contribution is -2.14. The molecule has 1 heterocycles. The number of furan rings is 1. The van der Waals surface area contributed by atoms with Gasteiger partial charge in [-0.25, -0.2) is 0 Å². The van der Waals surface area contributed by atoms with Crippen LogP contribution in [-0.2, 0) is 4.79 Å². The first-order valence-corrected chi connectivity index (χ1v) is 9.25. The van der Waals surface area contributed by atoms with E-state index in [4.69, 9.17) is 39.2 Å². The number of rotatable bonds is 4. The molecule has 1 N–H and O–H groups in total. The lowest BCUT2D eigenvalue weighted by Gasteiger charge is -2.08. The van der Waals surface area contributed by atoms with Gasteiger partial charge in [-0.3, -0.25) is 4.79 Å². The van der Waals surface area contributed by atoms with Crippen molar-refractivity contribution in [2.45, 2.75) is 6.92 Å². The molecule has 140 valence electrons. The Balaban J connectivity index is 1.86. The van der Waals surface area contributed by atoms with Gasteiger partial charge in [-0.15, -0.1) is 0 Å². The zero-order valence-corrected chi connectivity index (χ0v) is 16.9. The van der Waals surface area contributed by atoms with Crippen LogP contribution in [0.4, 0.5) is 5.69 Å². The van der Waals surface area contributed by atoms with Gasteiger partial charge in [0.05, 0.1) is 5.02 Å². The molecule has 0 unspecified atom stereocenters. The van der Waals surface area contributed by atoms with E-state index in [0.29, 0.717) is 37.8 Å². The molecule has 1 amide bonds. The Bertz CT molecular complexity index is 1130. The molecule has 28 heavy (non-hydrogen) atoms. The fraction of sp³-hybridized carbons (Fsp3) is 0.0476. The average molecular weight is 432 g/mol. The van der Waals surface area contributed by atoms with E-state index in [-0.39, 0.29) is 5.57 Å². The topological polar surface area (TPSA) is 66.0 Å². The Labute approximate surface area is 176 Å². The Hall–Kier alpha value is -2.71. The fourth-order valence-electron chi connectivity index (χ4n) is 2.47. The van der Waals surface area contributed by atoms with Crippen LogP contribution in [-0.4, -0.2) is 5.91 Å². The number of anilines is 1. The van der Waals surface area contributed by atoms with Crippen LogP contribution in [0.2, 0.25) is 15.1 Å². The van der Waals surface area contributed by atoms with Crippen molar-refractivity contribution in [3.63, 3.8) is 0 Å². The second kappa shape index (κ2) is 8.53. The van der Waals surface area contributed by atoms with Crippen LogP contribution >= 0.6 is 34.8 Å². The minimum atomic E-state index is -0.563. The first-order chi connectivity index (χ1) is 13.4. The summed E-state index contributed by atoms with van der Waals surface area (Å²) in [5.74, 6) is 0.245. The lowest BCUT2D eigenvalue weighted by atomic mass is 10.1. The maximum atomic E-state index is 12.5. The summed E-state index contributed by atoms with van der Waals surface area (Å²) in [5, 5.41) is 13.5. The number of carbonyl (C=O) groups excluding carboxylic acids is 1. The monoisotopic (exact) mass is 430 g/mol. The number of nitrogens with one attached hydrogen (secondary N) is 1. The fourth-order valence-corrected chi connectivity index (χ4v) is 3.03. The van der Waals surface area contributed by atoms with E-state index >= 15 is 0 Å². The molecule has 7 heteroatoms. The zero-order valence-electron chi connectivity index (χ0n) is 14.6. The second-order valence-corrected chi connectivity index (χ2v) is 7.19. The number of nitriles is 1. The molecule has 0 spiro atoms. The van der Waals surface area contributed by atoms with Crippen LogP contribution in [0.3, 0.4) is 0 Å². The standard InChI is InChI=1S/C21H13Cl3N2O2/c1-12-2-3-15(23)10-19(12)26-21(27)13(11-25)8-16-5-7-20(28-16)17-9-14(22)4-6-18(17)24/h2-10H,1H3,(H,26,27)/b13-8+. The van der Waals surface area contributed by atoms with E-state index in [1.165, 1.54) is 6.08 Å². The van der Waals surface area contributed by atoms with Crippen LogP contribution in [0, 0.1) is 18.3 Å². The van der Waals surface area contributed by atoms with Gasteiger partial charge in [0.25, 0.3) is 5.91 Å². The molecule has 2 aromatic carbocycles. The number of nitrogens with zero attached hydrogens (tertiary/aromatic N) is 1. The Kier molecular flexibility index (Phi) is 6.11. The van der Waals surface area contributed by atoms with E-state index in [0.717, 1.165) is 5.56 Å². The predicted molar refractivity (Wildman–Crippen MR) is 113 cm³/mol. The maximum absolute atomic E-state index is 12.5. The first kappa shape index (κ1) is 20.0. The van der Waals surface area contributed by atoms with Gasteiger partial charge in [-0.05, 0) is 55.0 Å². The van der Waals surface area contributed by atoms with Gasteiger partial charge in [-0.1, -0.05) is 40.9 Å². The van der Waals surface area contributed by atoms with E-state index in [9.17, 15) is 10.1 Å². The van der Waals surface area contributed by atoms with Gasteiger partial charge in [0.2, 0.25) is 0 Å². The molecule has 1 aromatic heterocycles. The molecule has 0 fully saturated rings. The van der Waals surface area contributed by atoms with E-state index in [1.54, 1.807) is 48.5 Å². The highest BCUT2D eigenvalue weighted by Crippen LogP contribution is 2.32.